The highest BCUT2D eigenvalue weighted by molar-refractivity contribution is 5.71. The monoisotopic (exact) mass is 1110 g/mol. The predicted molar refractivity (Wildman–Crippen MR) is 344 cm³/mol. The number of carbonyl (C=O) groups is 3. The minimum absolute atomic E-state index is 0.0839. The molecule has 0 bridgehead atoms. The number of allylic oxidation sites excluding steroid dienone is 10. The molecule has 0 aliphatic rings. The van der Waals surface area contributed by atoms with Gasteiger partial charge in [0.05, 0.1) is 0 Å². The van der Waals surface area contributed by atoms with E-state index in [0.29, 0.717) is 19.3 Å². The van der Waals surface area contributed by atoms with Crippen molar-refractivity contribution in [2.24, 2.45) is 0 Å². The zero-order chi connectivity index (χ0) is 57.1. The van der Waals surface area contributed by atoms with E-state index in [0.717, 1.165) is 96.3 Å². The predicted octanol–water partition coefficient (Wildman–Crippen LogP) is 23.9. The second-order valence-corrected chi connectivity index (χ2v) is 23.4. The van der Waals surface area contributed by atoms with Crippen molar-refractivity contribution in [3.63, 3.8) is 0 Å². The van der Waals surface area contributed by atoms with Gasteiger partial charge in [-0.15, -0.1) is 0 Å². The van der Waals surface area contributed by atoms with E-state index >= 15 is 0 Å². The molecule has 460 valence electrons. The fraction of sp³-hybridized carbons (Fsp3) is 0.822. The van der Waals surface area contributed by atoms with Crippen LogP contribution in [0.1, 0.15) is 367 Å². The molecule has 6 heteroatoms. The Morgan fingerprint density at radius 2 is 0.494 bits per heavy atom. The van der Waals surface area contributed by atoms with Crippen LogP contribution in [-0.4, -0.2) is 37.2 Å². The Labute approximate surface area is 491 Å². The van der Waals surface area contributed by atoms with Crippen LogP contribution in [0, 0.1) is 0 Å². The number of rotatable bonds is 64. The maximum absolute atomic E-state index is 12.9. The number of carbonyl (C=O) groups excluding carboxylic acids is 3. The van der Waals surface area contributed by atoms with Gasteiger partial charge in [0.25, 0.3) is 0 Å². The van der Waals surface area contributed by atoms with Crippen molar-refractivity contribution in [1.82, 2.24) is 0 Å². The van der Waals surface area contributed by atoms with Crippen LogP contribution < -0.4 is 0 Å². The van der Waals surface area contributed by atoms with Crippen LogP contribution in [0.25, 0.3) is 0 Å². The van der Waals surface area contributed by atoms with Crippen LogP contribution in [0.15, 0.2) is 60.8 Å². The summed E-state index contributed by atoms with van der Waals surface area (Å²) in [4.78, 5) is 38.3. The van der Waals surface area contributed by atoms with Gasteiger partial charge in [0, 0.05) is 19.3 Å². The third kappa shape index (κ3) is 65.8. The van der Waals surface area contributed by atoms with E-state index in [2.05, 4.69) is 81.5 Å². The SMILES string of the molecule is CC/C=C\C/C=C\C/C=C\CCCCCC(=O)OCC(COC(=O)CCCCCCCCCCCCCCCCCCCCCCCCCCCCCCCC)OC(=O)CCCCCCCCC/C=C\C/C=C\CCCCCC. The molecule has 0 fully saturated rings. The normalized spacial score (nSPS) is 12.4. The molecule has 1 unspecified atom stereocenters. The van der Waals surface area contributed by atoms with Gasteiger partial charge in [-0.05, 0) is 83.5 Å². The Kier molecular flexibility index (Phi) is 65.1. The van der Waals surface area contributed by atoms with Crippen molar-refractivity contribution < 1.29 is 28.6 Å². The van der Waals surface area contributed by atoms with Gasteiger partial charge in [-0.2, -0.15) is 0 Å². The fourth-order valence-electron chi connectivity index (χ4n) is 10.3. The zero-order valence-corrected chi connectivity index (χ0v) is 52.9. The van der Waals surface area contributed by atoms with Gasteiger partial charge < -0.3 is 14.2 Å². The Morgan fingerprint density at radius 3 is 0.797 bits per heavy atom. The van der Waals surface area contributed by atoms with Crippen LogP contribution in [0.3, 0.4) is 0 Å². The lowest BCUT2D eigenvalue weighted by molar-refractivity contribution is -0.167. The lowest BCUT2D eigenvalue weighted by Gasteiger charge is -2.18. The quantitative estimate of drug-likeness (QED) is 0.0261. The third-order valence-electron chi connectivity index (χ3n) is 15.5. The van der Waals surface area contributed by atoms with E-state index in [9.17, 15) is 14.4 Å². The molecule has 6 nitrogen and oxygen atoms in total. The Bertz CT molecular complexity index is 1410. The first-order chi connectivity index (χ1) is 39.0. The maximum Gasteiger partial charge on any atom is 0.306 e. The van der Waals surface area contributed by atoms with Gasteiger partial charge >= 0.3 is 17.9 Å². The van der Waals surface area contributed by atoms with Gasteiger partial charge in [0.15, 0.2) is 6.10 Å². The molecule has 0 saturated heterocycles. The summed E-state index contributed by atoms with van der Waals surface area (Å²) in [6.07, 6.45) is 87.0. The van der Waals surface area contributed by atoms with Crippen LogP contribution in [-0.2, 0) is 28.6 Å². The van der Waals surface area contributed by atoms with E-state index in [4.69, 9.17) is 14.2 Å². The van der Waals surface area contributed by atoms with Crippen LogP contribution in [0.2, 0.25) is 0 Å². The third-order valence-corrected chi connectivity index (χ3v) is 15.5. The summed E-state index contributed by atoms with van der Waals surface area (Å²) in [6.45, 7) is 6.53. The molecule has 0 N–H and O–H groups in total. The van der Waals surface area contributed by atoms with Gasteiger partial charge in [0.1, 0.15) is 13.2 Å². The zero-order valence-electron chi connectivity index (χ0n) is 52.9. The molecule has 79 heavy (non-hydrogen) atoms. The lowest BCUT2D eigenvalue weighted by Crippen LogP contribution is -2.30. The summed E-state index contributed by atoms with van der Waals surface area (Å²) in [6, 6.07) is 0. The molecule has 0 radical (unpaired) electrons. The summed E-state index contributed by atoms with van der Waals surface area (Å²) in [7, 11) is 0. The largest absolute Gasteiger partial charge is 0.462 e. The fourth-order valence-corrected chi connectivity index (χ4v) is 10.3. The van der Waals surface area contributed by atoms with Crippen molar-refractivity contribution in [1.29, 1.82) is 0 Å². The molecule has 1 atom stereocenters. The van der Waals surface area contributed by atoms with Crippen LogP contribution in [0.5, 0.6) is 0 Å². The topological polar surface area (TPSA) is 78.9 Å². The van der Waals surface area contributed by atoms with E-state index in [1.54, 1.807) is 0 Å². The van der Waals surface area contributed by atoms with Gasteiger partial charge in [-0.25, -0.2) is 0 Å². The highest BCUT2D eigenvalue weighted by Crippen LogP contribution is 2.18. The summed E-state index contributed by atoms with van der Waals surface area (Å²) in [5.41, 5.74) is 0. The average molecular weight is 1110 g/mol. The van der Waals surface area contributed by atoms with Crippen molar-refractivity contribution in [3.05, 3.63) is 60.8 Å². The number of hydrogen-bond acceptors (Lipinski definition) is 6. The first kappa shape index (κ1) is 76.1. The number of hydrogen-bond donors (Lipinski definition) is 0. The molecule has 0 heterocycles. The summed E-state index contributed by atoms with van der Waals surface area (Å²) in [5, 5.41) is 0. The maximum atomic E-state index is 12.9. The lowest BCUT2D eigenvalue weighted by atomic mass is 10.0. The highest BCUT2D eigenvalue weighted by atomic mass is 16.6. The molecule has 0 aromatic rings. The standard InChI is InChI=1S/C73H132O6/c1-4-7-10-13-16-19-22-25-27-29-31-32-33-34-35-36-37-38-39-40-41-42-44-45-48-51-54-57-60-63-66-72(75)78-69-70(68-77-71(74)65-62-59-56-53-50-47-24-21-18-15-12-9-6-3)79-73(76)67-64-61-58-55-52-49-46-43-30-28-26-23-20-17-14-11-8-5-2/h9,12,18,20-21,23,28,30,47,50,70H,4-8,10-11,13-17,19,22,24-27,29,31-46,48-49,51-69H2,1-3H3/b12-9-,21-18-,23-20-,30-28-,50-47-. The van der Waals surface area contributed by atoms with Gasteiger partial charge in [-0.1, -0.05) is 326 Å². The second kappa shape index (κ2) is 67.6. The van der Waals surface area contributed by atoms with E-state index in [1.807, 2.05) is 0 Å². The second-order valence-electron chi connectivity index (χ2n) is 23.4. The van der Waals surface area contributed by atoms with Gasteiger partial charge in [-0.3, -0.25) is 14.4 Å². The van der Waals surface area contributed by atoms with Crippen molar-refractivity contribution in [3.8, 4) is 0 Å². The Morgan fingerprint density at radius 1 is 0.266 bits per heavy atom. The Hall–Kier alpha value is -2.89. The first-order valence-corrected chi connectivity index (χ1v) is 34.8. The van der Waals surface area contributed by atoms with Crippen LogP contribution >= 0.6 is 0 Å². The molecule has 0 saturated carbocycles. The van der Waals surface area contributed by atoms with Crippen molar-refractivity contribution >= 4 is 17.9 Å². The van der Waals surface area contributed by atoms with Crippen LogP contribution in [0.4, 0.5) is 0 Å². The summed E-state index contributed by atoms with van der Waals surface area (Å²) < 4.78 is 16.9. The smallest absolute Gasteiger partial charge is 0.306 e. The summed E-state index contributed by atoms with van der Waals surface area (Å²) in [5.74, 6) is -0.903. The molecule has 0 aromatic heterocycles. The molecule has 0 rings (SSSR count). The van der Waals surface area contributed by atoms with E-state index < -0.39 is 6.10 Å². The van der Waals surface area contributed by atoms with Crippen molar-refractivity contribution in [2.75, 3.05) is 13.2 Å². The number of ether oxygens (including phenoxy) is 3. The van der Waals surface area contributed by atoms with E-state index in [1.165, 1.54) is 231 Å². The van der Waals surface area contributed by atoms with Crippen molar-refractivity contribution in [2.45, 2.75) is 374 Å². The molecule has 0 aromatic carbocycles. The number of unbranched alkanes of at least 4 members (excludes halogenated alkanes) is 43. The number of esters is 3. The van der Waals surface area contributed by atoms with Gasteiger partial charge in [0.2, 0.25) is 0 Å². The van der Waals surface area contributed by atoms with E-state index in [-0.39, 0.29) is 31.1 Å². The molecule has 0 amide bonds. The molecule has 0 aliphatic carbocycles. The minimum atomic E-state index is -0.790. The first-order valence-electron chi connectivity index (χ1n) is 34.8. The average Bonchev–Trinajstić information content (AvgIpc) is 3.45. The molecule has 0 aliphatic heterocycles. The minimum Gasteiger partial charge on any atom is -0.462 e. The Balaban J connectivity index is 4.18. The molecular formula is C73H132O6. The highest BCUT2D eigenvalue weighted by Gasteiger charge is 2.19. The molecular weight excluding hydrogens is 973 g/mol. The summed E-state index contributed by atoms with van der Waals surface area (Å²) >= 11 is 0. The molecule has 0 spiro atoms.